The van der Waals surface area contributed by atoms with Crippen LogP contribution in [0.25, 0.3) is 22.3 Å². The molecule has 3 aromatic carbocycles. The molecule has 0 fully saturated rings. The van der Waals surface area contributed by atoms with Crippen molar-refractivity contribution in [3.63, 3.8) is 0 Å². The molecule has 0 aliphatic rings. The second-order valence-electron chi connectivity index (χ2n) is 7.00. The highest BCUT2D eigenvalue weighted by Crippen LogP contribution is 2.26. The van der Waals surface area contributed by atoms with E-state index in [1.807, 2.05) is 62.4 Å². The first-order valence-electron chi connectivity index (χ1n) is 9.67. The van der Waals surface area contributed by atoms with Gasteiger partial charge in [-0.25, -0.2) is 14.4 Å². The molecule has 4 aromatic rings. The molecule has 4 rings (SSSR count). The van der Waals surface area contributed by atoms with Gasteiger partial charge in [0, 0.05) is 16.5 Å². The molecule has 0 spiro atoms. The smallest absolute Gasteiger partial charge is 0.162 e. The summed E-state index contributed by atoms with van der Waals surface area (Å²) in [5, 5.41) is 5.00. The van der Waals surface area contributed by atoms with Crippen LogP contribution in [0.2, 0.25) is 0 Å². The first-order valence-corrected chi connectivity index (χ1v) is 9.67. The highest BCUT2D eigenvalue weighted by molar-refractivity contribution is 5.91. The van der Waals surface area contributed by atoms with Crippen molar-refractivity contribution in [1.82, 2.24) is 9.97 Å². The lowest BCUT2D eigenvalue weighted by Gasteiger charge is -2.11. The van der Waals surface area contributed by atoms with E-state index in [4.69, 9.17) is 4.74 Å². The molecule has 150 valence electrons. The van der Waals surface area contributed by atoms with Gasteiger partial charge in [-0.3, -0.25) is 5.43 Å². The number of rotatable bonds is 6. The summed E-state index contributed by atoms with van der Waals surface area (Å²) >= 11 is 0. The van der Waals surface area contributed by atoms with E-state index in [9.17, 15) is 4.39 Å². The summed E-state index contributed by atoms with van der Waals surface area (Å²) in [4.78, 5) is 9.32. The highest BCUT2D eigenvalue weighted by Gasteiger charge is 2.09. The summed E-state index contributed by atoms with van der Waals surface area (Å²) in [5.74, 6) is 1.57. The lowest BCUT2D eigenvalue weighted by molar-refractivity contribution is 0.242. The van der Waals surface area contributed by atoms with Crippen LogP contribution in [0.3, 0.4) is 0 Å². The molecule has 1 heterocycles. The van der Waals surface area contributed by atoms with Crippen molar-refractivity contribution in [2.45, 2.75) is 20.0 Å². The van der Waals surface area contributed by atoms with E-state index >= 15 is 0 Å². The number of hydrogen-bond donors (Lipinski definition) is 1. The van der Waals surface area contributed by atoms with Gasteiger partial charge >= 0.3 is 0 Å². The lowest BCUT2D eigenvalue weighted by atomic mass is 10.1. The minimum atomic E-state index is -0.333. The van der Waals surface area contributed by atoms with Gasteiger partial charge in [0.05, 0.1) is 17.8 Å². The van der Waals surface area contributed by atoms with E-state index in [1.54, 1.807) is 18.2 Å². The third-order valence-electron chi connectivity index (χ3n) is 4.37. The molecule has 0 saturated carbocycles. The van der Waals surface area contributed by atoms with Crippen LogP contribution in [0.4, 0.5) is 10.2 Å². The third-order valence-corrected chi connectivity index (χ3v) is 4.37. The molecule has 0 aliphatic heterocycles. The zero-order chi connectivity index (χ0) is 20.9. The number of fused-ring (bicyclic) bond motifs is 1. The molecule has 0 atom stereocenters. The minimum Gasteiger partial charge on any atom is -0.491 e. The van der Waals surface area contributed by atoms with Crippen LogP contribution in [-0.4, -0.2) is 22.3 Å². The maximum Gasteiger partial charge on any atom is 0.162 e. The van der Waals surface area contributed by atoms with Gasteiger partial charge < -0.3 is 4.74 Å². The quantitative estimate of drug-likeness (QED) is 0.335. The highest BCUT2D eigenvalue weighted by atomic mass is 19.1. The average molecular weight is 400 g/mol. The van der Waals surface area contributed by atoms with Crippen molar-refractivity contribution < 1.29 is 9.13 Å². The number of hydrogen-bond acceptors (Lipinski definition) is 5. The fourth-order valence-corrected chi connectivity index (χ4v) is 2.99. The Kier molecular flexibility index (Phi) is 5.66. The Labute approximate surface area is 174 Å². The molecule has 0 bridgehead atoms. The Morgan fingerprint density at radius 2 is 1.67 bits per heavy atom. The molecule has 0 unspecified atom stereocenters. The van der Waals surface area contributed by atoms with Crippen LogP contribution in [0.15, 0.2) is 77.9 Å². The van der Waals surface area contributed by atoms with Crippen LogP contribution in [0.1, 0.15) is 19.4 Å². The van der Waals surface area contributed by atoms with Crippen molar-refractivity contribution in [3.8, 4) is 17.1 Å². The second kappa shape index (κ2) is 8.69. The number of nitrogens with one attached hydrogen (secondary N) is 1. The Morgan fingerprint density at radius 1 is 0.933 bits per heavy atom. The molecule has 6 heteroatoms. The number of nitrogens with zero attached hydrogens (tertiary/aromatic N) is 3. The molecule has 0 aliphatic carbocycles. The molecular formula is C24H21FN4O. The van der Waals surface area contributed by atoms with Gasteiger partial charge in [-0.2, -0.15) is 5.10 Å². The molecule has 1 aromatic heterocycles. The standard InChI is InChI=1S/C24H21FN4O/c1-16(2)30-19-13-11-17(12-14-19)23-27-22-10-6-4-8-20(22)24(28-23)29-26-15-18-7-3-5-9-21(18)25/h3-16H,1-2H3,(H,27,28,29). The fourth-order valence-electron chi connectivity index (χ4n) is 2.99. The number of halogens is 1. The summed E-state index contributed by atoms with van der Waals surface area (Å²) in [6.45, 7) is 3.97. The van der Waals surface area contributed by atoms with Gasteiger partial charge in [-0.15, -0.1) is 0 Å². The summed E-state index contributed by atoms with van der Waals surface area (Å²) in [6.07, 6.45) is 1.54. The molecule has 30 heavy (non-hydrogen) atoms. The summed E-state index contributed by atoms with van der Waals surface area (Å²) < 4.78 is 19.5. The average Bonchev–Trinajstić information content (AvgIpc) is 2.75. The van der Waals surface area contributed by atoms with E-state index in [0.29, 0.717) is 17.2 Å². The lowest BCUT2D eigenvalue weighted by Crippen LogP contribution is -2.05. The molecule has 0 radical (unpaired) electrons. The molecule has 1 N–H and O–H groups in total. The number of benzene rings is 3. The number of anilines is 1. The van der Waals surface area contributed by atoms with Crippen LogP contribution in [0.5, 0.6) is 5.75 Å². The zero-order valence-electron chi connectivity index (χ0n) is 16.7. The van der Waals surface area contributed by atoms with E-state index in [0.717, 1.165) is 22.2 Å². The normalized spacial score (nSPS) is 11.3. The number of ether oxygens (including phenoxy) is 1. The first-order chi connectivity index (χ1) is 14.6. The van der Waals surface area contributed by atoms with E-state index in [1.165, 1.54) is 12.3 Å². The van der Waals surface area contributed by atoms with Crippen molar-refractivity contribution >= 4 is 22.9 Å². The summed E-state index contributed by atoms with van der Waals surface area (Å²) in [7, 11) is 0. The topological polar surface area (TPSA) is 59.4 Å². The van der Waals surface area contributed by atoms with Crippen LogP contribution < -0.4 is 10.2 Å². The molecule has 0 amide bonds. The van der Waals surface area contributed by atoms with Crippen molar-refractivity contribution in [1.29, 1.82) is 0 Å². The van der Waals surface area contributed by atoms with Gasteiger partial charge in [0.25, 0.3) is 0 Å². The number of aromatic nitrogens is 2. The Hall–Kier alpha value is -3.80. The minimum absolute atomic E-state index is 0.107. The number of para-hydroxylation sites is 1. The van der Waals surface area contributed by atoms with E-state index in [-0.39, 0.29) is 11.9 Å². The SMILES string of the molecule is CC(C)Oc1ccc(-c2nc(NN=Cc3ccccc3F)c3ccccc3n2)cc1. The van der Waals surface area contributed by atoms with Crippen molar-refractivity contribution in [3.05, 3.63) is 84.2 Å². The van der Waals surface area contributed by atoms with Gasteiger partial charge in [0.15, 0.2) is 11.6 Å². The largest absolute Gasteiger partial charge is 0.491 e. The fraction of sp³-hybridized carbons (Fsp3) is 0.125. The van der Waals surface area contributed by atoms with Crippen LogP contribution in [0, 0.1) is 5.82 Å². The van der Waals surface area contributed by atoms with E-state index < -0.39 is 0 Å². The van der Waals surface area contributed by atoms with Gasteiger partial charge in [-0.05, 0) is 56.3 Å². The molecular weight excluding hydrogens is 379 g/mol. The first kappa shape index (κ1) is 19.5. The van der Waals surface area contributed by atoms with Crippen LogP contribution in [-0.2, 0) is 0 Å². The second-order valence-corrected chi connectivity index (χ2v) is 7.00. The monoisotopic (exact) mass is 400 g/mol. The maximum atomic E-state index is 13.8. The van der Waals surface area contributed by atoms with Gasteiger partial charge in [-0.1, -0.05) is 30.3 Å². The zero-order valence-corrected chi connectivity index (χ0v) is 16.7. The van der Waals surface area contributed by atoms with Gasteiger partial charge in [0.1, 0.15) is 11.6 Å². The van der Waals surface area contributed by atoms with Crippen LogP contribution >= 0.6 is 0 Å². The molecule has 5 nitrogen and oxygen atoms in total. The summed E-state index contributed by atoms with van der Waals surface area (Å²) in [6, 6.07) is 21.8. The van der Waals surface area contributed by atoms with E-state index in [2.05, 4.69) is 20.5 Å². The van der Waals surface area contributed by atoms with Crippen molar-refractivity contribution in [2.24, 2.45) is 5.10 Å². The van der Waals surface area contributed by atoms with Gasteiger partial charge in [0.2, 0.25) is 0 Å². The predicted molar refractivity (Wildman–Crippen MR) is 118 cm³/mol. The Bertz CT molecular complexity index is 1190. The Morgan fingerprint density at radius 3 is 2.43 bits per heavy atom. The van der Waals surface area contributed by atoms with Crippen molar-refractivity contribution in [2.75, 3.05) is 5.43 Å². The summed E-state index contributed by atoms with van der Waals surface area (Å²) in [5.41, 5.74) is 4.98. The molecule has 0 saturated heterocycles. The number of hydrazone groups is 1. The Balaban J connectivity index is 1.66. The maximum absolute atomic E-state index is 13.8. The third kappa shape index (κ3) is 4.43. The predicted octanol–water partition coefficient (Wildman–Crippen LogP) is 5.67.